The van der Waals surface area contributed by atoms with Crippen LogP contribution in [0.15, 0.2) is 211 Å². The minimum atomic E-state index is -0.129. The highest BCUT2D eigenvalue weighted by atomic mass is 15.1. The van der Waals surface area contributed by atoms with Crippen molar-refractivity contribution in [3.8, 4) is 11.4 Å². The van der Waals surface area contributed by atoms with Crippen LogP contribution in [0.4, 0.5) is 0 Å². The highest BCUT2D eigenvalue weighted by Crippen LogP contribution is 2.44. The first-order valence-corrected chi connectivity index (χ1v) is 19.9. The van der Waals surface area contributed by atoms with Crippen LogP contribution in [0.5, 0.6) is 0 Å². The summed E-state index contributed by atoms with van der Waals surface area (Å²) in [6.07, 6.45) is 2.17. The van der Waals surface area contributed by atoms with E-state index < -0.39 is 0 Å². The summed E-state index contributed by atoms with van der Waals surface area (Å²) in [4.78, 5) is 5.13. The van der Waals surface area contributed by atoms with E-state index in [1.807, 2.05) is 12.1 Å². The van der Waals surface area contributed by atoms with Crippen molar-refractivity contribution in [1.82, 2.24) is 9.13 Å². The molecular formula is C54H35N4-. The molecule has 0 bridgehead atoms. The Morgan fingerprint density at radius 3 is 1.76 bits per heavy atom. The zero-order chi connectivity index (χ0) is 38.2. The fourth-order valence-corrected chi connectivity index (χ4v) is 9.26. The van der Waals surface area contributed by atoms with Crippen LogP contribution < -0.4 is 0 Å². The lowest BCUT2D eigenvalue weighted by molar-refractivity contribution is 1.04. The molecule has 0 spiro atoms. The predicted octanol–water partition coefficient (Wildman–Crippen LogP) is 14.1. The van der Waals surface area contributed by atoms with Gasteiger partial charge in [0.05, 0.1) is 22.1 Å². The average molecular weight is 740 g/mol. The van der Waals surface area contributed by atoms with Crippen molar-refractivity contribution in [1.29, 1.82) is 0 Å². The second-order valence-electron chi connectivity index (χ2n) is 15.1. The molecule has 0 N–H and O–H groups in total. The zero-order valence-electron chi connectivity index (χ0n) is 31.5. The summed E-state index contributed by atoms with van der Waals surface area (Å²) in [7, 11) is 0. The monoisotopic (exact) mass is 739 g/mol. The minimum Gasteiger partial charge on any atom is -0.454 e. The number of nitrogens with zero attached hydrogens (tertiary/aromatic N) is 4. The second kappa shape index (κ2) is 12.9. The van der Waals surface area contributed by atoms with Crippen LogP contribution in [0.2, 0.25) is 0 Å². The third kappa shape index (κ3) is 4.98. The number of hydrogen-bond acceptors (Lipinski definition) is 1. The van der Waals surface area contributed by atoms with Crippen LogP contribution >= 0.6 is 0 Å². The largest absolute Gasteiger partial charge is 0.454 e. The number of hydrogen-bond donors (Lipinski definition) is 0. The fourth-order valence-electron chi connectivity index (χ4n) is 9.26. The Morgan fingerprint density at radius 1 is 0.397 bits per heavy atom. The first-order chi connectivity index (χ1) is 28.8. The van der Waals surface area contributed by atoms with Gasteiger partial charge < -0.3 is 19.4 Å². The van der Waals surface area contributed by atoms with Gasteiger partial charge in [-0.1, -0.05) is 170 Å². The van der Waals surface area contributed by atoms with E-state index in [1.54, 1.807) is 0 Å². The van der Waals surface area contributed by atoms with Crippen molar-refractivity contribution in [2.24, 2.45) is 4.99 Å². The molecule has 4 nitrogen and oxygen atoms in total. The highest BCUT2D eigenvalue weighted by molar-refractivity contribution is 6.31. The quantitative estimate of drug-likeness (QED) is 0.158. The summed E-state index contributed by atoms with van der Waals surface area (Å²) in [6, 6.07) is 71.7. The molecule has 272 valence electrons. The van der Waals surface area contributed by atoms with E-state index in [0.29, 0.717) is 0 Å². The molecular weight excluding hydrogens is 705 g/mol. The number of fused-ring (bicyclic) bond motifs is 11. The molecule has 11 aromatic rings. The molecule has 1 atom stereocenters. The van der Waals surface area contributed by atoms with Crippen LogP contribution in [0, 0.1) is 0 Å². The second-order valence-corrected chi connectivity index (χ2v) is 15.1. The lowest BCUT2D eigenvalue weighted by atomic mass is 9.96. The zero-order valence-corrected chi connectivity index (χ0v) is 31.5. The molecule has 4 heteroatoms. The van der Waals surface area contributed by atoms with Crippen molar-refractivity contribution in [3.05, 3.63) is 228 Å². The van der Waals surface area contributed by atoms with E-state index in [0.717, 1.165) is 39.6 Å². The summed E-state index contributed by atoms with van der Waals surface area (Å²) >= 11 is 0. The predicted molar refractivity (Wildman–Crippen MR) is 244 cm³/mol. The van der Waals surface area contributed by atoms with Crippen LogP contribution in [0.3, 0.4) is 0 Å². The molecule has 0 saturated heterocycles. The van der Waals surface area contributed by atoms with Crippen LogP contribution in [0.25, 0.3) is 87.5 Å². The molecule has 0 saturated carbocycles. The first-order valence-electron chi connectivity index (χ1n) is 19.9. The van der Waals surface area contributed by atoms with Crippen LogP contribution in [-0.4, -0.2) is 15.0 Å². The molecule has 58 heavy (non-hydrogen) atoms. The Balaban J connectivity index is 1.06. The Hall–Kier alpha value is -7.69. The molecule has 2 aromatic heterocycles. The average Bonchev–Trinajstić information content (AvgIpc) is 3.83. The van der Waals surface area contributed by atoms with Gasteiger partial charge in [0, 0.05) is 44.3 Å². The van der Waals surface area contributed by atoms with Crippen molar-refractivity contribution in [3.63, 3.8) is 0 Å². The van der Waals surface area contributed by atoms with E-state index in [2.05, 4.69) is 203 Å². The maximum atomic E-state index is 5.19. The Labute approximate surface area is 335 Å². The molecule has 1 aliphatic heterocycles. The summed E-state index contributed by atoms with van der Waals surface area (Å²) in [5.41, 5.74) is 11.2. The van der Waals surface area contributed by atoms with Gasteiger partial charge in [-0.05, 0) is 81.0 Å². The van der Waals surface area contributed by atoms with Gasteiger partial charge in [-0.15, -0.1) is 0 Å². The summed E-state index contributed by atoms with van der Waals surface area (Å²) in [5, 5.41) is 15.2. The number of aromatic nitrogens is 2. The normalized spacial score (nSPS) is 14.4. The number of benzene rings is 9. The van der Waals surface area contributed by atoms with E-state index in [9.17, 15) is 0 Å². The molecule has 1 unspecified atom stereocenters. The Bertz CT molecular complexity index is 3450. The van der Waals surface area contributed by atoms with Crippen molar-refractivity contribution >= 4 is 76.7 Å². The third-order valence-electron chi connectivity index (χ3n) is 11.9. The summed E-state index contributed by atoms with van der Waals surface area (Å²) in [6.45, 7) is 0. The van der Waals surface area contributed by atoms with Gasteiger partial charge in [-0.25, -0.2) is 0 Å². The van der Waals surface area contributed by atoms with Crippen molar-refractivity contribution < 1.29 is 0 Å². The van der Waals surface area contributed by atoms with Crippen molar-refractivity contribution in [2.75, 3.05) is 0 Å². The van der Waals surface area contributed by atoms with Gasteiger partial charge in [0.1, 0.15) is 0 Å². The number of aliphatic imine (C=N–C) groups is 1. The Kier molecular flexibility index (Phi) is 7.26. The SMILES string of the molecule is C1=C(c2ccccc2)N=C(c2ccc(-n3c4ccccc4c4ccc5c(ccc6ccc7c(c8ccccc8n7-c7ccccc7)c65)c43)cc2)[N-]C1c1ccccc1. The lowest BCUT2D eigenvalue weighted by Crippen LogP contribution is -2.10. The fraction of sp³-hybridized carbons (Fsp3) is 0.0185. The van der Waals surface area contributed by atoms with Crippen LogP contribution in [0.1, 0.15) is 22.7 Å². The van der Waals surface area contributed by atoms with Gasteiger partial charge in [-0.3, -0.25) is 0 Å². The minimum absolute atomic E-state index is 0.129. The topological polar surface area (TPSA) is 36.3 Å². The Morgan fingerprint density at radius 2 is 0.983 bits per heavy atom. The van der Waals surface area contributed by atoms with Gasteiger partial charge in [0.2, 0.25) is 0 Å². The molecule has 12 rings (SSSR count). The molecule has 0 radical (unpaired) electrons. The first kappa shape index (κ1) is 32.5. The number of para-hydroxylation sites is 3. The van der Waals surface area contributed by atoms with Gasteiger partial charge >= 0.3 is 0 Å². The lowest BCUT2D eigenvalue weighted by Gasteiger charge is -2.33. The van der Waals surface area contributed by atoms with Crippen LogP contribution in [-0.2, 0) is 0 Å². The maximum Gasteiger partial charge on any atom is 0.0619 e. The molecule has 3 heterocycles. The van der Waals surface area contributed by atoms with E-state index in [1.165, 1.54) is 65.2 Å². The highest BCUT2D eigenvalue weighted by Gasteiger charge is 2.20. The van der Waals surface area contributed by atoms with Gasteiger partial charge in [0.25, 0.3) is 0 Å². The van der Waals surface area contributed by atoms with Crippen molar-refractivity contribution in [2.45, 2.75) is 6.04 Å². The van der Waals surface area contributed by atoms with Gasteiger partial charge in [0.15, 0.2) is 0 Å². The van der Waals surface area contributed by atoms with E-state index in [-0.39, 0.29) is 6.04 Å². The maximum absolute atomic E-state index is 5.19. The summed E-state index contributed by atoms with van der Waals surface area (Å²) in [5.74, 6) is 0.736. The number of amidine groups is 1. The molecule has 0 amide bonds. The molecule has 0 aliphatic carbocycles. The summed E-state index contributed by atoms with van der Waals surface area (Å²) < 4.78 is 4.85. The van der Waals surface area contributed by atoms with E-state index in [4.69, 9.17) is 10.3 Å². The smallest absolute Gasteiger partial charge is 0.0619 e. The molecule has 0 fully saturated rings. The third-order valence-corrected chi connectivity index (χ3v) is 11.9. The van der Waals surface area contributed by atoms with Gasteiger partial charge in [-0.2, -0.15) is 0 Å². The molecule has 1 aliphatic rings. The van der Waals surface area contributed by atoms with E-state index >= 15 is 0 Å². The molecule has 9 aromatic carbocycles. The standard InChI is InChI=1S/C54H35N4/c1-4-14-35(15-5-1)46-34-47(36-16-6-2-7-17-36)56-54(55-46)38-24-28-40(29-25-38)58-48-22-12-10-20-41(48)43-32-31-42-44(53(43)58)30-26-37-27-33-50-52(51(37)42)45-21-11-13-23-49(45)57(50)39-18-8-3-9-19-39/h1-34,46H/q-1. The number of rotatable bonds is 5.